The number of ketones is 1. The number of carbonyl (C=O) groups excluding carboxylic acids is 1. The Morgan fingerprint density at radius 1 is 1.67 bits per heavy atom. The molecule has 0 radical (unpaired) electrons. The lowest BCUT2D eigenvalue weighted by atomic mass is 10.1. The molecule has 2 nitrogen and oxygen atoms in total. The van der Waals surface area contributed by atoms with Gasteiger partial charge in [0.15, 0.2) is 0 Å². The lowest BCUT2D eigenvalue weighted by molar-refractivity contribution is -0.120. The Labute approximate surface area is 73.6 Å². The average Bonchev–Trinajstić information content (AvgIpc) is 2.37. The molecule has 1 heterocycles. The van der Waals surface area contributed by atoms with Crippen LogP contribution in [0.3, 0.4) is 0 Å². The first-order valence-corrected chi connectivity index (χ1v) is 4.46. The van der Waals surface area contributed by atoms with Crippen LogP contribution in [0.5, 0.6) is 0 Å². The molecule has 12 heavy (non-hydrogen) atoms. The van der Waals surface area contributed by atoms with Gasteiger partial charge in [0, 0.05) is 19.4 Å². The van der Waals surface area contributed by atoms with Gasteiger partial charge in [0.2, 0.25) is 0 Å². The van der Waals surface area contributed by atoms with E-state index in [1.54, 1.807) is 0 Å². The normalized spacial score (nSPS) is 22.6. The SMILES string of the molecule is C=C(C)CC(=O)CC1CCCO1. The molecular weight excluding hydrogens is 152 g/mol. The maximum atomic E-state index is 11.3. The van der Waals surface area contributed by atoms with Gasteiger partial charge in [0.05, 0.1) is 6.10 Å². The Hall–Kier alpha value is -0.630. The molecule has 0 spiro atoms. The van der Waals surface area contributed by atoms with Crippen molar-refractivity contribution in [2.75, 3.05) is 6.61 Å². The summed E-state index contributed by atoms with van der Waals surface area (Å²) in [5, 5.41) is 0. The molecule has 1 unspecified atom stereocenters. The zero-order chi connectivity index (χ0) is 8.97. The molecule has 1 aliphatic rings. The third kappa shape index (κ3) is 3.18. The van der Waals surface area contributed by atoms with Crippen LogP contribution in [0.1, 0.15) is 32.6 Å². The maximum absolute atomic E-state index is 11.3. The van der Waals surface area contributed by atoms with E-state index in [0.29, 0.717) is 12.8 Å². The molecular formula is C10H16O2. The second-order valence-electron chi connectivity index (χ2n) is 3.51. The van der Waals surface area contributed by atoms with Crippen LogP contribution in [0.25, 0.3) is 0 Å². The monoisotopic (exact) mass is 168 g/mol. The minimum Gasteiger partial charge on any atom is -0.378 e. The molecule has 1 fully saturated rings. The molecule has 1 aliphatic heterocycles. The predicted octanol–water partition coefficient (Wildman–Crippen LogP) is 2.09. The van der Waals surface area contributed by atoms with Gasteiger partial charge in [-0.1, -0.05) is 12.2 Å². The van der Waals surface area contributed by atoms with Crippen LogP contribution < -0.4 is 0 Å². The fourth-order valence-electron chi connectivity index (χ4n) is 1.47. The third-order valence-electron chi connectivity index (χ3n) is 1.98. The van der Waals surface area contributed by atoms with Crippen molar-refractivity contribution in [3.05, 3.63) is 12.2 Å². The molecule has 2 heteroatoms. The highest BCUT2D eigenvalue weighted by atomic mass is 16.5. The first-order valence-electron chi connectivity index (χ1n) is 4.46. The van der Waals surface area contributed by atoms with Crippen molar-refractivity contribution in [1.29, 1.82) is 0 Å². The number of rotatable bonds is 4. The van der Waals surface area contributed by atoms with Gasteiger partial charge in [-0.2, -0.15) is 0 Å². The van der Waals surface area contributed by atoms with Crippen LogP contribution in [-0.2, 0) is 9.53 Å². The van der Waals surface area contributed by atoms with Crippen molar-refractivity contribution >= 4 is 5.78 Å². The number of allylic oxidation sites excluding steroid dienone is 1. The summed E-state index contributed by atoms with van der Waals surface area (Å²) in [6.45, 7) is 6.41. The maximum Gasteiger partial charge on any atom is 0.139 e. The molecule has 0 N–H and O–H groups in total. The second kappa shape index (κ2) is 4.41. The molecule has 68 valence electrons. The van der Waals surface area contributed by atoms with Gasteiger partial charge in [0.1, 0.15) is 5.78 Å². The molecule has 1 saturated heterocycles. The number of carbonyl (C=O) groups is 1. The molecule has 1 atom stereocenters. The van der Waals surface area contributed by atoms with Crippen molar-refractivity contribution < 1.29 is 9.53 Å². The molecule has 0 amide bonds. The van der Waals surface area contributed by atoms with Gasteiger partial charge in [-0.3, -0.25) is 4.79 Å². The number of ether oxygens (including phenoxy) is 1. The quantitative estimate of drug-likeness (QED) is 0.601. The lowest BCUT2D eigenvalue weighted by Crippen LogP contribution is -2.12. The lowest BCUT2D eigenvalue weighted by Gasteiger charge is -2.07. The van der Waals surface area contributed by atoms with Gasteiger partial charge in [0.25, 0.3) is 0 Å². The molecule has 0 bridgehead atoms. The highest BCUT2D eigenvalue weighted by molar-refractivity contribution is 5.81. The Kier molecular flexibility index (Phi) is 3.48. The van der Waals surface area contributed by atoms with E-state index < -0.39 is 0 Å². The molecule has 1 rings (SSSR count). The molecule has 0 aromatic rings. The van der Waals surface area contributed by atoms with Gasteiger partial charge in [-0.15, -0.1) is 0 Å². The highest BCUT2D eigenvalue weighted by Crippen LogP contribution is 2.16. The Morgan fingerprint density at radius 2 is 2.42 bits per heavy atom. The van der Waals surface area contributed by atoms with E-state index in [4.69, 9.17) is 4.74 Å². The minimum atomic E-state index is 0.192. The largest absolute Gasteiger partial charge is 0.378 e. The van der Waals surface area contributed by atoms with E-state index >= 15 is 0 Å². The molecule has 0 aromatic heterocycles. The fourth-order valence-corrected chi connectivity index (χ4v) is 1.47. The minimum absolute atomic E-state index is 0.192. The van der Waals surface area contributed by atoms with Crippen LogP contribution in [0, 0.1) is 0 Å². The van der Waals surface area contributed by atoms with Crippen molar-refractivity contribution in [2.45, 2.75) is 38.7 Å². The van der Waals surface area contributed by atoms with Crippen molar-refractivity contribution in [1.82, 2.24) is 0 Å². The number of hydrogen-bond acceptors (Lipinski definition) is 2. The standard InChI is InChI=1S/C10H16O2/c1-8(2)6-9(11)7-10-4-3-5-12-10/h10H,1,3-7H2,2H3. The van der Waals surface area contributed by atoms with Crippen LogP contribution in [0.4, 0.5) is 0 Å². The van der Waals surface area contributed by atoms with E-state index in [-0.39, 0.29) is 11.9 Å². The Bertz CT molecular complexity index is 178. The van der Waals surface area contributed by atoms with Crippen LogP contribution in [0.15, 0.2) is 12.2 Å². The van der Waals surface area contributed by atoms with Gasteiger partial charge >= 0.3 is 0 Å². The molecule has 0 saturated carbocycles. The summed E-state index contributed by atoms with van der Waals surface area (Å²) in [4.78, 5) is 11.3. The summed E-state index contributed by atoms with van der Waals surface area (Å²) in [5.74, 6) is 0.259. The van der Waals surface area contributed by atoms with Crippen LogP contribution >= 0.6 is 0 Å². The Morgan fingerprint density at radius 3 is 2.92 bits per heavy atom. The number of Topliss-reactive ketones (excluding diaryl/α,β-unsaturated/α-hetero) is 1. The van der Waals surface area contributed by atoms with E-state index in [1.165, 1.54) is 0 Å². The van der Waals surface area contributed by atoms with Crippen molar-refractivity contribution in [3.8, 4) is 0 Å². The van der Waals surface area contributed by atoms with Crippen LogP contribution in [0.2, 0.25) is 0 Å². The van der Waals surface area contributed by atoms with E-state index in [1.807, 2.05) is 6.92 Å². The summed E-state index contributed by atoms with van der Waals surface area (Å²) in [7, 11) is 0. The first-order chi connectivity index (χ1) is 5.68. The topological polar surface area (TPSA) is 26.3 Å². The van der Waals surface area contributed by atoms with E-state index in [9.17, 15) is 4.79 Å². The summed E-state index contributed by atoms with van der Waals surface area (Å²) in [5.41, 5.74) is 0.943. The molecule has 0 aliphatic carbocycles. The van der Waals surface area contributed by atoms with E-state index in [2.05, 4.69) is 6.58 Å². The second-order valence-corrected chi connectivity index (χ2v) is 3.51. The van der Waals surface area contributed by atoms with E-state index in [0.717, 1.165) is 25.0 Å². The van der Waals surface area contributed by atoms with Crippen LogP contribution in [-0.4, -0.2) is 18.5 Å². The zero-order valence-electron chi connectivity index (χ0n) is 7.64. The van der Waals surface area contributed by atoms with Gasteiger partial charge in [-0.05, 0) is 19.8 Å². The smallest absolute Gasteiger partial charge is 0.139 e. The summed E-state index contributed by atoms with van der Waals surface area (Å²) < 4.78 is 5.35. The number of hydrogen-bond donors (Lipinski definition) is 0. The first kappa shape index (κ1) is 9.46. The Balaban J connectivity index is 2.20. The average molecular weight is 168 g/mol. The molecule has 0 aromatic carbocycles. The van der Waals surface area contributed by atoms with Crippen molar-refractivity contribution in [2.24, 2.45) is 0 Å². The van der Waals surface area contributed by atoms with Crippen molar-refractivity contribution in [3.63, 3.8) is 0 Å². The summed E-state index contributed by atoms with van der Waals surface area (Å²) >= 11 is 0. The predicted molar refractivity (Wildman–Crippen MR) is 48.0 cm³/mol. The fraction of sp³-hybridized carbons (Fsp3) is 0.700. The summed E-state index contributed by atoms with van der Waals surface area (Å²) in [6, 6.07) is 0. The highest BCUT2D eigenvalue weighted by Gasteiger charge is 2.18. The third-order valence-corrected chi connectivity index (χ3v) is 1.98. The van der Waals surface area contributed by atoms with Gasteiger partial charge in [-0.25, -0.2) is 0 Å². The van der Waals surface area contributed by atoms with Gasteiger partial charge < -0.3 is 4.74 Å². The summed E-state index contributed by atoms with van der Waals surface area (Å²) in [6.07, 6.45) is 3.43. The zero-order valence-corrected chi connectivity index (χ0v) is 7.64.